The number of nitrogens with two attached hydrogens (primary N) is 2. The van der Waals surface area contributed by atoms with Crippen molar-refractivity contribution in [2.45, 2.75) is 63.6 Å². The zero-order chi connectivity index (χ0) is 17.8. The second kappa shape index (κ2) is 7.86. The summed E-state index contributed by atoms with van der Waals surface area (Å²) in [5, 5.41) is 6.78. The molecular weight excluding hydrogens is 320 g/mol. The van der Waals surface area contributed by atoms with Crippen LogP contribution in [0.1, 0.15) is 45.4 Å². The minimum Gasteiger partial charge on any atom is -0.394 e. The summed E-state index contributed by atoms with van der Waals surface area (Å²) in [5.41, 5.74) is 11.9. The number of aromatic nitrogens is 2. The van der Waals surface area contributed by atoms with Gasteiger partial charge in [-0.15, -0.1) is 0 Å². The Morgan fingerprint density at radius 3 is 2.64 bits per heavy atom. The number of carbonyl (C=O) groups is 1. The lowest BCUT2D eigenvalue weighted by atomic mass is 9.85. The fourth-order valence-corrected chi connectivity index (χ4v) is 3.60. The molecule has 8 nitrogen and oxygen atoms in total. The molecule has 1 aliphatic heterocycles. The van der Waals surface area contributed by atoms with Gasteiger partial charge >= 0.3 is 0 Å². The first-order valence-electron chi connectivity index (χ1n) is 9.07. The van der Waals surface area contributed by atoms with Crippen LogP contribution in [-0.4, -0.2) is 40.7 Å². The summed E-state index contributed by atoms with van der Waals surface area (Å²) in [7, 11) is 0. The molecule has 1 saturated carbocycles. The average Bonchev–Trinajstić information content (AvgIpc) is 2.58. The topological polar surface area (TPSA) is 128 Å². The Labute approximate surface area is 148 Å². The quantitative estimate of drug-likeness (QED) is 0.634. The van der Waals surface area contributed by atoms with E-state index in [1.165, 1.54) is 0 Å². The van der Waals surface area contributed by atoms with Crippen molar-refractivity contribution in [3.05, 3.63) is 6.20 Å². The maximum atomic E-state index is 11.3. The van der Waals surface area contributed by atoms with Gasteiger partial charge in [-0.25, -0.2) is 4.98 Å². The van der Waals surface area contributed by atoms with Crippen LogP contribution >= 0.6 is 0 Å². The molecule has 1 aliphatic carbocycles. The average molecular weight is 348 g/mol. The lowest BCUT2D eigenvalue weighted by molar-refractivity contribution is -0.122. The van der Waals surface area contributed by atoms with Crippen molar-refractivity contribution in [2.24, 2.45) is 11.7 Å². The van der Waals surface area contributed by atoms with Crippen molar-refractivity contribution in [3.63, 3.8) is 0 Å². The SMILES string of the molecule is C[C@@H]1C[C@H](Nc2ncc(N)c(NC3CCC(C(N)=O)CC3)n2)CCO1. The lowest BCUT2D eigenvalue weighted by Gasteiger charge is -2.29. The number of hydrogen-bond acceptors (Lipinski definition) is 7. The van der Waals surface area contributed by atoms with Crippen LogP contribution in [0.25, 0.3) is 0 Å². The summed E-state index contributed by atoms with van der Waals surface area (Å²) >= 11 is 0. The molecule has 0 radical (unpaired) electrons. The van der Waals surface area contributed by atoms with Gasteiger partial charge in [-0.1, -0.05) is 0 Å². The highest BCUT2D eigenvalue weighted by molar-refractivity contribution is 5.76. The molecule has 8 heteroatoms. The number of rotatable bonds is 5. The van der Waals surface area contributed by atoms with Gasteiger partial charge in [0, 0.05) is 24.6 Å². The Kier molecular flexibility index (Phi) is 5.57. The molecule has 0 aromatic carbocycles. The summed E-state index contributed by atoms with van der Waals surface area (Å²) in [4.78, 5) is 20.1. The summed E-state index contributed by atoms with van der Waals surface area (Å²) in [5.74, 6) is 1.03. The minimum atomic E-state index is -0.197. The van der Waals surface area contributed by atoms with Crippen LogP contribution in [0.15, 0.2) is 6.20 Å². The number of nitrogens with zero attached hydrogens (tertiary/aromatic N) is 2. The molecule has 0 unspecified atom stereocenters. The molecule has 1 amide bonds. The fraction of sp³-hybridized carbons (Fsp3) is 0.706. The predicted octanol–water partition coefficient (Wildman–Crippen LogP) is 1.49. The maximum Gasteiger partial charge on any atom is 0.224 e. The molecule has 0 bridgehead atoms. The van der Waals surface area contributed by atoms with E-state index in [1.807, 2.05) is 0 Å². The molecular formula is C17H28N6O2. The number of carbonyl (C=O) groups excluding carboxylic acids is 1. The van der Waals surface area contributed by atoms with Gasteiger partial charge in [0.1, 0.15) is 0 Å². The molecule has 6 N–H and O–H groups in total. The normalized spacial score (nSPS) is 29.8. The van der Waals surface area contributed by atoms with E-state index >= 15 is 0 Å². The zero-order valence-corrected chi connectivity index (χ0v) is 14.7. The van der Waals surface area contributed by atoms with E-state index in [9.17, 15) is 4.79 Å². The molecule has 0 spiro atoms. The number of amides is 1. The van der Waals surface area contributed by atoms with Gasteiger partial charge < -0.3 is 26.8 Å². The lowest BCUT2D eigenvalue weighted by Crippen LogP contribution is -2.34. The smallest absolute Gasteiger partial charge is 0.224 e. The second-order valence-corrected chi connectivity index (χ2v) is 7.14. The van der Waals surface area contributed by atoms with E-state index in [-0.39, 0.29) is 24.0 Å². The molecule has 2 heterocycles. The van der Waals surface area contributed by atoms with E-state index < -0.39 is 0 Å². The Morgan fingerprint density at radius 1 is 1.20 bits per heavy atom. The molecule has 2 aliphatic rings. The highest BCUT2D eigenvalue weighted by Gasteiger charge is 2.25. The van der Waals surface area contributed by atoms with Gasteiger partial charge in [0.2, 0.25) is 11.9 Å². The minimum absolute atomic E-state index is 0.00599. The molecule has 1 aromatic rings. The van der Waals surface area contributed by atoms with Crippen LogP contribution in [0.5, 0.6) is 0 Å². The summed E-state index contributed by atoms with van der Waals surface area (Å²) in [6.45, 7) is 2.83. The van der Waals surface area contributed by atoms with E-state index in [2.05, 4.69) is 27.5 Å². The van der Waals surface area contributed by atoms with Crippen molar-refractivity contribution >= 4 is 23.4 Å². The highest BCUT2D eigenvalue weighted by Crippen LogP contribution is 2.28. The molecule has 2 atom stereocenters. The standard InChI is InChI=1S/C17H28N6O2/c1-10-8-13(6-7-25-10)22-17-20-9-14(18)16(23-17)21-12-4-2-11(3-5-12)15(19)24/h9-13H,2-8,18H2,1H3,(H2,19,24)(H2,20,21,22,23)/t10-,11?,12?,13-/m1/s1. The first-order chi connectivity index (χ1) is 12.0. The monoisotopic (exact) mass is 348 g/mol. The molecule has 1 saturated heterocycles. The number of nitrogens with one attached hydrogen (secondary N) is 2. The van der Waals surface area contributed by atoms with Crippen molar-refractivity contribution in [2.75, 3.05) is 23.0 Å². The van der Waals surface area contributed by atoms with Crippen molar-refractivity contribution in [3.8, 4) is 0 Å². The Bertz CT molecular complexity index is 603. The Hall–Kier alpha value is -2.09. The van der Waals surface area contributed by atoms with E-state index in [1.54, 1.807) is 6.20 Å². The van der Waals surface area contributed by atoms with Crippen molar-refractivity contribution in [1.29, 1.82) is 0 Å². The van der Waals surface area contributed by atoms with Crippen molar-refractivity contribution in [1.82, 2.24) is 9.97 Å². The maximum absolute atomic E-state index is 11.3. The van der Waals surface area contributed by atoms with Crippen LogP contribution in [0.3, 0.4) is 0 Å². The first kappa shape index (κ1) is 17.7. The predicted molar refractivity (Wildman–Crippen MR) is 97.1 cm³/mol. The van der Waals surface area contributed by atoms with Crippen LogP contribution in [-0.2, 0) is 9.53 Å². The number of anilines is 3. The molecule has 2 fully saturated rings. The third-order valence-corrected chi connectivity index (χ3v) is 5.11. The van der Waals surface area contributed by atoms with Crippen LogP contribution in [0.4, 0.5) is 17.5 Å². The van der Waals surface area contributed by atoms with Gasteiger partial charge in [0.15, 0.2) is 5.82 Å². The second-order valence-electron chi connectivity index (χ2n) is 7.14. The zero-order valence-electron chi connectivity index (χ0n) is 14.7. The van der Waals surface area contributed by atoms with Gasteiger partial charge in [-0.05, 0) is 45.4 Å². The highest BCUT2D eigenvalue weighted by atomic mass is 16.5. The number of primary amides is 1. The van der Waals surface area contributed by atoms with E-state index in [0.717, 1.165) is 45.1 Å². The van der Waals surface area contributed by atoms with Gasteiger partial charge in [0.05, 0.1) is 18.0 Å². The van der Waals surface area contributed by atoms with Crippen molar-refractivity contribution < 1.29 is 9.53 Å². The number of nitrogen functional groups attached to an aromatic ring is 1. The number of ether oxygens (including phenoxy) is 1. The van der Waals surface area contributed by atoms with E-state index in [0.29, 0.717) is 23.5 Å². The van der Waals surface area contributed by atoms with Crippen LogP contribution in [0, 0.1) is 5.92 Å². The molecule has 25 heavy (non-hydrogen) atoms. The van der Waals surface area contributed by atoms with Gasteiger partial charge in [0.25, 0.3) is 0 Å². The summed E-state index contributed by atoms with van der Waals surface area (Å²) < 4.78 is 5.57. The first-order valence-corrected chi connectivity index (χ1v) is 9.07. The molecule has 138 valence electrons. The molecule has 1 aromatic heterocycles. The Morgan fingerprint density at radius 2 is 1.96 bits per heavy atom. The number of hydrogen-bond donors (Lipinski definition) is 4. The van der Waals surface area contributed by atoms with E-state index in [4.69, 9.17) is 16.2 Å². The third-order valence-electron chi connectivity index (χ3n) is 5.11. The Balaban J connectivity index is 1.59. The van der Waals surface area contributed by atoms with Gasteiger partial charge in [-0.3, -0.25) is 4.79 Å². The third kappa shape index (κ3) is 4.72. The molecule has 3 rings (SSSR count). The fourth-order valence-electron chi connectivity index (χ4n) is 3.60. The summed E-state index contributed by atoms with van der Waals surface area (Å²) in [6.07, 6.45) is 7.15. The largest absolute Gasteiger partial charge is 0.394 e. The summed E-state index contributed by atoms with van der Waals surface area (Å²) in [6, 6.07) is 0.565. The van der Waals surface area contributed by atoms with Crippen LogP contribution < -0.4 is 22.1 Å². The van der Waals surface area contributed by atoms with Gasteiger partial charge in [-0.2, -0.15) is 4.98 Å². The van der Waals surface area contributed by atoms with Crippen LogP contribution in [0.2, 0.25) is 0 Å².